The molecule has 0 saturated carbocycles. The number of halogens is 1. The van der Waals surface area contributed by atoms with Gasteiger partial charge in [-0.1, -0.05) is 0 Å². The van der Waals surface area contributed by atoms with E-state index in [0.29, 0.717) is 22.9 Å². The molecule has 0 amide bonds. The molecule has 106 valence electrons. The molecule has 5 heteroatoms. The summed E-state index contributed by atoms with van der Waals surface area (Å²) in [6, 6.07) is 8.57. The first kappa shape index (κ1) is 13.5. The van der Waals surface area contributed by atoms with E-state index in [1.807, 2.05) is 0 Å². The van der Waals surface area contributed by atoms with Crippen LogP contribution in [0, 0.1) is 24.1 Å². The van der Waals surface area contributed by atoms with Crippen LogP contribution in [0.5, 0.6) is 0 Å². The van der Waals surface area contributed by atoms with Crippen molar-refractivity contribution < 1.29 is 4.39 Å². The molecule has 2 aromatic rings. The lowest BCUT2D eigenvalue weighted by molar-refractivity contribution is 0.619. The highest BCUT2D eigenvalue weighted by molar-refractivity contribution is 5.63. The Balaban J connectivity index is 2.06. The zero-order valence-electron chi connectivity index (χ0n) is 11.8. The zero-order valence-corrected chi connectivity index (χ0v) is 11.8. The number of aryl methyl sites for hydroxylation is 1. The summed E-state index contributed by atoms with van der Waals surface area (Å²) in [6.45, 7) is 3.54. The number of anilines is 1. The fourth-order valence-corrected chi connectivity index (χ4v) is 2.50. The Hall–Kier alpha value is -2.48. The second-order valence-electron chi connectivity index (χ2n) is 5.21. The fraction of sp³-hybridized carbons (Fsp3) is 0.312. The molecule has 0 aliphatic carbocycles. The lowest BCUT2D eigenvalue weighted by atomic mass is 10.1. The highest BCUT2D eigenvalue weighted by atomic mass is 19.1. The second-order valence-corrected chi connectivity index (χ2v) is 5.21. The van der Waals surface area contributed by atoms with E-state index in [2.05, 4.69) is 20.9 Å². The Morgan fingerprint density at radius 2 is 1.95 bits per heavy atom. The first-order valence-electron chi connectivity index (χ1n) is 6.98. The van der Waals surface area contributed by atoms with Crippen molar-refractivity contribution in [1.82, 2.24) is 9.97 Å². The summed E-state index contributed by atoms with van der Waals surface area (Å²) < 4.78 is 13.4. The van der Waals surface area contributed by atoms with Crippen molar-refractivity contribution in [2.24, 2.45) is 0 Å². The molecule has 3 rings (SSSR count). The van der Waals surface area contributed by atoms with E-state index in [9.17, 15) is 4.39 Å². The Morgan fingerprint density at radius 1 is 1.19 bits per heavy atom. The normalized spacial score (nSPS) is 14.2. The first-order valence-corrected chi connectivity index (χ1v) is 6.98. The summed E-state index contributed by atoms with van der Waals surface area (Å²) in [6.07, 6.45) is 2.23. The molecular formula is C16H15FN4. The van der Waals surface area contributed by atoms with Crippen molar-refractivity contribution >= 4 is 5.95 Å². The Labute approximate surface area is 122 Å². The minimum absolute atomic E-state index is 0.243. The molecule has 4 nitrogen and oxygen atoms in total. The summed E-state index contributed by atoms with van der Waals surface area (Å²) in [5.41, 5.74) is 2.36. The first-order chi connectivity index (χ1) is 10.2. The van der Waals surface area contributed by atoms with Gasteiger partial charge in [0, 0.05) is 24.7 Å². The van der Waals surface area contributed by atoms with Crippen LogP contribution in [0.25, 0.3) is 11.3 Å². The van der Waals surface area contributed by atoms with Crippen LogP contribution < -0.4 is 4.90 Å². The standard InChI is InChI=1S/C16H15FN4/c1-11-8-12(4-5-14(11)17)15-9-13(10-18)19-16(20-15)21-6-2-3-7-21/h4-5,8-9H,2-3,6-7H2,1H3. The monoisotopic (exact) mass is 282 g/mol. The van der Waals surface area contributed by atoms with Gasteiger partial charge >= 0.3 is 0 Å². The van der Waals surface area contributed by atoms with Crippen molar-refractivity contribution in [3.05, 3.63) is 41.3 Å². The maximum Gasteiger partial charge on any atom is 0.227 e. The third kappa shape index (κ3) is 2.70. The van der Waals surface area contributed by atoms with Crippen LogP contribution in [0.3, 0.4) is 0 Å². The van der Waals surface area contributed by atoms with Gasteiger partial charge in [-0.2, -0.15) is 5.26 Å². The molecule has 1 aromatic carbocycles. The molecule has 1 aliphatic rings. The van der Waals surface area contributed by atoms with Crippen LogP contribution in [0.1, 0.15) is 24.1 Å². The molecule has 0 atom stereocenters. The quantitative estimate of drug-likeness (QED) is 0.849. The third-order valence-electron chi connectivity index (χ3n) is 3.67. The smallest absolute Gasteiger partial charge is 0.227 e. The van der Waals surface area contributed by atoms with Gasteiger partial charge in [-0.15, -0.1) is 0 Å². The molecule has 0 radical (unpaired) electrons. The summed E-state index contributed by atoms with van der Waals surface area (Å²) in [5, 5.41) is 9.16. The number of hydrogen-bond acceptors (Lipinski definition) is 4. The van der Waals surface area contributed by atoms with Crippen molar-refractivity contribution in [1.29, 1.82) is 5.26 Å². The molecule has 1 fully saturated rings. The van der Waals surface area contributed by atoms with Crippen LogP contribution in [-0.2, 0) is 0 Å². The van der Waals surface area contributed by atoms with Gasteiger partial charge in [0.05, 0.1) is 5.69 Å². The van der Waals surface area contributed by atoms with E-state index < -0.39 is 0 Å². The van der Waals surface area contributed by atoms with E-state index in [1.165, 1.54) is 6.07 Å². The maximum absolute atomic E-state index is 13.4. The molecule has 0 bridgehead atoms. The van der Waals surface area contributed by atoms with E-state index in [-0.39, 0.29) is 5.82 Å². The van der Waals surface area contributed by atoms with Crippen LogP contribution in [0.2, 0.25) is 0 Å². The molecule has 2 heterocycles. The summed E-state index contributed by atoms with van der Waals surface area (Å²) in [7, 11) is 0. The molecule has 1 aromatic heterocycles. The average molecular weight is 282 g/mol. The average Bonchev–Trinajstić information content (AvgIpc) is 3.04. The number of aromatic nitrogens is 2. The largest absolute Gasteiger partial charge is 0.341 e. The van der Waals surface area contributed by atoms with E-state index >= 15 is 0 Å². The second kappa shape index (κ2) is 5.49. The highest BCUT2D eigenvalue weighted by Crippen LogP contribution is 2.24. The molecule has 1 saturated heterocycles. The maximum atomic E-state index is 13.4. The lowest BCUT2D eigenvalue weighted by Crippen LogP contribution is -2.21. The van der Waals surface area contributed by atoms with Crippen molar-refractivity contribution in [3.63, 3.8) is 0 Å². The summed E-state index contributed by atoms with van der Waals surface area (Å²) in [4.78, 5) is 10.9. The predicted octanol–water partition coefficient (Wildman–Crippen LogP) is 3.06. The summed E-state index contributed by atoms with van der Waals surface area (Å²) >= 11 is 0. The van der Waals surface area contributed by atoms with Crippen LogP contribution >= 0.6 is 0 Å². The van der Waals surface area contributed by atoms with Gasteiger partial charge in [0.25, 0.3) is 0 Å². The number of nitriles is 1. The fourth-order valence-electron chi connectivity index (χ4n) is 2.50. The van der Waals surface area contributed by atoms with Crippen molar-refractivity contribution in [2.45, 2.75) is 19.8 Å². The molecule has 0 N–H and O–H groups in total. The SMILES string of the molecule is Cc1cc(-c2cc(C#N)nc(N3CCCC3)n2)ccc1F. The van der Waals surface area contributed by atoms with Gasteiger partial charge in [-0.25, -0.2) is 14.4 Å². The van der Waals surface area contributed by atoms with E-state index in [0.717, 1.165) is 31.5 Å². The number of hydrogen-bond donors (Lipinski definition) is 0. The highest BCUT2D eigenvalue weighted by Gasteiger charge is 2.17. The summed E-state index contributed by atoms with van der Waals surface area (Å²) in [5.74, 6) is 0.344. The van der Waals surface area contributed by atoms with Gasteiger partial charge < -0.3 is 4.90 Å². The Bertz CT molecular complexity index is 715. The zero-order chi connectivity index (χ0) is 14.8. The third-order valence-corrected chi connectivity index (χ3v) is 3.67. The van der Waals surface area contributed by atoms with E-state index in [4.69, 9.17) is 5.26 Å². The number of nitrogens with zero attached hydrogens (tertiary/aromatic N) is 4. The minimum atomic E-state index is -0.243. The topological polar surface area (TPSA) is 52.8 Å². The van der Waals surface area contributed by atoms with Gasteiger partial charge in [0.2, 0.25) is 5.95 Å². The van der Waals surface area contributed by atoms with Crippen LogP contribution in [0.4, 0.5) is 10.3 Å². The van der Waals surface area contributed by atoms with Crippen molar-refractivity contribution in [2.75, 3.05) is 18.0 Å². The van der Waals surface area contributed by atoms with Gasteiger partial charge in [-0.05, 0) is 43.5 Å². The molecule has 21 heavy (non-hydrogen) atoms. The predicted molar refractivity (Wildman–Crippen MR) is 78.3 cm³/mol. The molecule has 0 spiro atoms. The van der Waals surface area contributed by atoms with Gasteiger partial charge in [-0.3, -0.25) is 0 Å². The molecule has 0 unspecified atom stereocenters. The van der Waals surface area contributed by atoms with E-state index in [1.54, 1.807) is 25.1 Å². The van der Waals surface area contributed by atoms with Gasteiger partial charge in [0.1, 0.15) is 17.6 Å². The minimum Gasteiger partial charge on any atom is -0.341 e. The molecule has 1 aliphatic heterocycles. The van der Waals surface area contributed by atoms with Crippen molar-refractivity contribution in [3.8, 4) is 17.3 Å². The Morgan fingerprint density at radius 3 is 2.62 bits per heavy atom. The number of rotatable bonds is 2. The lowest BCUT2D eigenvalue weighted by Gasteiger charge is -2.16. The van der Waals surface area contributed by atoms with Crippen LogP contribution in [0.15, 0.2) is 24.3 Å². The molecular weight excluding hydrogens is 267 g/mol. The number of benzene rings is 1. The van der Waals surface area contributed by atoms with Crippen LogP contribution in [-0.4, -0.2) is 23.1 Å². The van der Waals surface area contributed by atoms with Gasteiger partial charge in [0.15, 0.2) is 0 Å². The Kier molecular flexibility index (Phi) is 3.53.